The van der Waals surface area contributed by atoms with Gasteiger partial charge in [0.25, 0.3) is 0 Å². The number of anilines is 2. The Hall–Kier alpha value is -1.79. The Labute approximate surface area is 129 Å². The number of benzene rings is 1. The zero-order valence-electron chi connectivity index (χ0n) is 12.3. The van der Waals surface area contributed by atoms with Crippen molar-refractivity contribution in [1.82, 2.24) is 15.3 Å². The molecule has 5 nitrogen and oxygen atoms in total. The largest absolute Gasteiger partial charge is 0.383 e. The van der Waals surface area contributed by atoms with Gasteiger partial charge >= 0.3 is 0 Å². The highest BCUT2D eigenvalue weighted by atomic mass is 32.2. The van der Waals surface area contributed by atoms with Crippen LogP contribution in [-0.4, -0.2) is 16.5 Å². The predicted molar refractivity (Wildman–Crippen MR) is 88.0 cm³/mol. The Kier molecular flexibility index (Phi) is 5.41. The molecule has 1 heterocycles. The summed E-state index contributed by atoms with van der Waals surface area (Å²) < 4.78 is 0. The van der Waals surface area contributed by atoms with E-state index in [4.69, 9.17) is 11.5 Å². The van der Waals surface area contributed by atoms with Gasteiger partial charge in [-0.3, -0.25) is 0 Å². The highest BCUT2D eigenvalue weighted by Gasteiger charge is 2.07. The molecule has 0 aliphatic rings. The molecule has 1 aromatic carbocycles. The van der Waals surface area contributed by atoms with Crippen molar-refractivity contribution < 1.29 is 0 Å². The first-order chi connectivity index (χ1) is 10.0. The van der Waals surface area contributed by atoms with Gasteiger partial charge < -0.3 is 16.8 Å². The van der Waals surface area contributed by atoms with Crippen LogP contribution in [0.3, 0.4) is 0 Å². The minimum Gasteiger partial charge on any atom is -0.383 e. The first kappa shape index (κ1) is 15.6. The third-order valence-electron chi connectivity index (χ3n) is 2.79. The summed E-state index contributed by atoms with van der Waals surface area (Å²) >= 11 is 1.48. The van der Waals surface area contributed by atoms with Crippen molar-refractivity contribution in [3.05, 3.63) is 35.9 Å². The van der Waals surface area contributed by atoms with Gasteiger partial charge in [0.1, 0.15) is 11.6 Å². The fraction of sp³-hybridized carbons (Fsp3) is 0.333. The molecule has 0 radical (unpaired) electrons. The van der Waals surface area contributed by atoms with E-state index in [1.165, 1.54) is 17.3 Å². The van der Waals surface area contributed by atoms with Gasteiger partial charge in [0.05, 0.1) is 0 Å². The normalized spacial score (nSPS) is 11.0. The maximum absolute atomic E-state index is 5.71. The maximum Gasteiger partial charge on any atom is 0.196 e. The maximum atomic E-state index is 5.71. The number of nitrogens with one attached hydrogen (secondary N) is 1. The van der Waals surface area contributed by atoms with Gasteiger partial charge in [0.2, 0.25) is 0 Å². The number of hydrogen-bond donors (Lipinski definition) is 3. The minimum atomic E-state index is 0.389. The zero-order chi connectivity index (χ0) is 15.2. The molecule has 0 aliphatic carbocycles. The van der Waals surface area contributed by atoms with E-state index in [2.05, 4.69) is 41.3 Å². The van der Waals surface area contributed by atoms with Crippen LogP contribution in [0.5, 0.6) is 0 Å². The Morgan fingerprint density at radius 3 is 2.48 bits per heavy atom. The van der Waals surface area contributed by atoms with E-state index >= 15 is 0 Å². The summed E-state index contributed by atoms with van der Waals surface area (Å²) in [6.45, 7) is 6.19. The van der Waals surface area contributed by atoms with E-state index in [1.54, 1.807) is 6.07 Å². The Morgan fingerprint density at radius 2 is 1.81 bits per heavy atom. The molecule has 112 valence electrons. The molecule has 21 heavy (non-hydrogen) atoms. The van der Waals surface area contributed by atoms with E-state index in [1.807, 2.05) is 12.1 Å². The molecule has 0 atom stereocenters. The van der Waals surface area contributed by atoms with Crippen molar-refractivity contribution in [1.29, 1.82) is 0 Å². The van der Waals surface area contributed by atoms with E-state index < -0.39 is 0 Å². The second kappa shape index (κ2) is 7.28. The minimum absolute atomic E-state index is 0.389. The van der Waals surface area contributed by atoms with Crippen LogP contribution in [-0.2, 0) is 6.54 Å². The molecule has 6 heteroatoms. The van der Waals surface area contributed by atoms with Crippen molar-refractivity contribution >= 4 is 23.4 Å². The fourth-order valence-corrected chi connectivity index (χ4v) is 2.77. The summed E-state index contributed by atoms with van der Waals surface area (Å²) in [5, 5.41) is 4.02. The first-order valence-electron chi connectivity index (χ1n) is 6.91. The molecule has 2 aromatic rings. The van der Waals surface area contributed by atoms with Gasteiger partial charge in [-0.15, -0.1) is 0 Å². The molecular formula is C15H21N5S. The number of nitrogens with zero attached hydrogens (tertiary/aromatic N) is 2. The summed E-state index contributed by atoms with van der Waals surface area (Å²) in [6.07, 6.45) is 0. The van der Waals surface area contributed by atoms with Crippen LogP contribution in [0.4, 0.5) is 11.6 Å². The summed E-state index contributed by atoms with van der Waals surface area (Å²) in [5.74, 6) is 1.41. The van der Waals surface area contributed by atoms with Crippen molar-refractivity contribution in [2.45, 2.75) is 30.4 Å². The summed E-state index contributed by atoms with van der Waals surface area (Å²) in [5.41, 5.74) is 12.6. The van der Waals surface area contributed by atoms with Crippen LogP contribution in [0.2, 0.25) is 0 Å². The molecule has 0 saturated carbocycles. The number of hydrogen-bond acceptors (Lipinski definition) is 6. The van der Waals surface area contributed by atoms with Crippen molar-refractivity contribution in [2.24, 2.45) is 5.92 Å². The van der Waals surface area contributed by atoms with E-state index in [9.17, 15) is 0 Å². The first-order valence-corrected chi connectivity index (χ1v) is 7.72. The van der Waals surface area contributed by atoms with E-state index in [0.29, 0.717) is 22.7 Å². The Bertz CT molecular complexity index is 580. The second-order valence-electron chi connectivity index (χ2n) is 5.23. The molecule has 0 amide bonds. The van der Waals surface area contributed by atoms with Gasteiger partial charge in [-0.05, 0) is 35.9 Å². The highest BCUT2D eigenvalue weighted by molar-refractivity contribution is 7.99. The molecule has 0 fully saturated rings. The number of aromatic nitrogens is 2. The average Bonchev–Trinajstić information content (AvgIpc) is 2.39. The molecule has 0 aliphatic heterocycles. The van der Waals surface area contributed by atoms with Crippen LogP contribution >= 0.6 is 11.8 Å². The molecule has 5 N–H and O–H groups in total. The fourth-order valence-electron chi connectivity index (χ4n) is 1.85. The Morgan fingerprint density at radius 1 is 1.14 bits per heavy atom. The lowest BCUT2D eigenvalue weighted by molar-refractivity contribution is 0.550. The van der Waals surface area contributed by atoms with Gasteiger partial charge in [0, 0.05) is 17.5 Å². The second-order valence-corrected chi connectivity index (χ2v) is 6.24. The average molecular weight is 303 g/mol. The smallest absolute Gasteiger partial charge is 0.196 e. The van der Waals surface area contributed by atoms with Crippen LogP contribution in [0.15, 0.2) is 40.4 Å². The van der Waals surface area contributed by atoms with E-state index in [0.717, 1.165) is 18.0 Å². The van der Waals surface area contributed by atoms with Crippen molar-refractivity contribution in [3.8, 4) is 0 Å². The number of nitrogen functional groups attached to an aromatic ring is 2. The Balaban J connectivity index is 2.12. The summed E-state index contributed by atoms with van der Waals surface area (Å²) in [4.78, 5) is 9.53. The highest BCUT2D eigenvalue weighted by Crippen LogP contribution is 2.28. The monoisotopic (exact) mass is 303 g/mol. The lowest BCUT2D eigenvalue weighted by Gasteiger charge is -2.11. The van der Waals surface area contributed by atoms with Crippen LogP contribution in [0.25, 0.3) is 0 Å². The molecule has 0 bridgehead atoms. The van der Waals surface area contributed by atoms with Gasteiger partial charge in [-0.25, -0.2) is 9.97 Å². The van der Waals surface area contributed by atoms with Crippen molar-refractivity contribution in [3.63, 3.8) is 0 Å². The lowest BCUT2D eigenvalue weighted by Crippen LogP contribution is -2.19. The molecular weight excluding hydrogens is 282 g/mol. The predicted octanol–water partition coefficient (Wildman–Crippen LogP) is 2.54. The lowest BCUT2D eigenvalue weighted by atomic mass is 10.2. The van der Waals surface area contributed by atoms with Gasteiger partial charge in [-0.1, -0.05) is 32.0 Å². The summed E-state index contributed by atoms with van der Waals surface area (Å²) in [7, 11) is 0. The molecule has 2 rings (SSSR count). The van der Waals surface area contributed by atoms with Crippen LogP contribution < -0.4 is 16.8 Å². The van der Waals surface area contributed by atoms with Gasteiger partial charge in [0.15, 0.2) is 5.16 Å². The SMILES string of the molecule is CC(C)CNCc1ccccc1Sc1nc(N)cc(N)n1. The van der Waals surface area contributed by atoms with Crippen LogP contribution in [0, 0.1) is 5.92 Å². The molecule has 1 aromatic heterocycles. The quantitative estimate of drug-likeness (QED) is 0.711. The zero-order valence-corrected chi connectivity index (χ0v) is 13.2. The third-order valence-corrected chi connectivity index (χ3v) is 3.77. The van der Waals surface area contributed by atoms with E-state index in [-0.39, 0.29) is 0 Å². The molecule has 0 unspecified atom stereocenters. The standard InChI is InChI=1S/C15H21N5S/c1-10(2)8-18-9-11-5-3-4-6-12(11)21-15-19-13(16)7-14(17)20-15/h3-7,10,18H,8-9H2,1-2H3,(H4,16,17,19,20). The topological polar surface area (TPSA) is 89.8 Å². The number of nitrogens with two attached hydrogens (primary N) is 2. The van der Waals surface area contributed by atoms with Crippen LogP contribution in [0.1, 0.15) is 19.4 Å². The summed E-state index contributed by atoms with van der Waals surface area (Å²) in [6, 6.07) is 9.75. The molecule has 0 spiro atoms. The number of rotatable bonds is 6. The van der Waals surface area contributed by atoms with Crippen molar-refractivity contribution in [2.75, 3.05) is 18.0 Å². The third kappa shape index (κ3) is 4.91. The molecule has 0 saturated heterocycles. The van der Waals surface area contributed by atoms with Gasteiger partial charge in [-0.2, -0.15) is 0 Å².